The summed E-state index contributed by atoms with van der Waals surface area (Å²) in [6, 6.07) is 12.0. The van der Waals surface area contributed by atoms with Gasteiger partial charge in [-0.25, -0.2) is 4.79 Å². The minimum atomic E-state index is -0.522. The van der Waals surface area contributed by atoms with Gasteiger partial charge in [-0.05, 0) is 42.1 Å². The number of carbonyl (C=O) groups is 1. The number of esters is 1. The lowest BCUT2D eigenvalue weighted by Gasteiger charge is -2.12. The molecule has 0 aliphatic heterocycles. The molecule has 0 fully saturated rings. The van der Waals surface area contributed by atoms with Gasteiger partial charge in [0.25, 0.3) is 0 Å². The van der Waals surface area contributed by atoms with Gasteiger partial charge in [-0.15, -0.1) is 0 Å². The quantitative estimate of drug-likeness (QED) is 0.394. The first-order valence-electron chi connectivity index (χ1n) is 7.84. The Balaban J connectivity index is 2.03. The number of hydrogen-bond donors (Lipinski definition) is 0. The molecule has 0 N–H and O–H groups in total. The largest absolute Gasteiger partial charge is 0.490 e. The molecule has 2 aromatic carbocycles. The molecule has 0 bridgehead atoms. The molecule has 3 aromatic rings. The molecule has 0 aliphatic rings. The first-order chi connectivity index (χ1) is 12.5. The zero-order chi connectivity index (χ0) is 18.7. The van der Waals surface area contributed by atoms with Gasteiger partial charge >= 0.3 is 11.7 Å². The van der Waals surface area contributed by atoms with Crippen molar-refractivity contribution in [1.29, 1.82) is 0 Å². The molecule has 7 nitrogen and oxygen atoms in total. The average Bonchev–Trinajstić information content (AvgIpc) is 2.65. The Hall–Kier alpha value is -3.48. The summed E-state index contributed by atoms with van der Waals surface area (Å²) < 4.78 is 10.5. The Morgan fingerprint density at radius 2 is 1.96 bits per heavy atom. The molecule has 1 aromatic heterocycles. The highest BCUT2D eigenvalue weighted by Gasteiger charge is 2.25. The van der Waals surface area contributed by atoms with E-state index in [1.807, 2.05) is 0 Å². The molecule has 0 aliphatic carbocycles. The highest BCUT2D eigenvalue weighted by molar-refractivity contribution is 5.96. The van der Waals surface area contributed by atoms with Gasteiger partial charge in [-0.2, -0.15) is 0 Å². The summed E-state index contributed by atoms with van der Waals surface area (Å²) in [4.78, 5) is 27.5. The maximum absolute atomic E-state index is 12.1. The van der Waals surface area contributed by atoms with Crippen LogP contribution in [-0.2, 0) is 11.3 Å². The van der Waals surface area contributed by atoms with E-state index >= 15 is 0 Å². The zero-order valence-corrected chi connectivity index (χ0v) is 14.3. The van der Waals surface area contributed by atoms with Crippen molar-refractivity contribution in [2.24, 2.45) is 0 Å². The number of methoxy groups -OCH3 is 1. The molecule has 7 heteroatoms. The van der Waals surface area contributed by atoms with Crippen LogP contribution < -0.4 is 4.74 Å². The summed E-state index contributed by atoms with van der Waals surface area (Å²) in [5.41, 5.74) is 1.17. The molecule has 0 radical (unpaired) electrons. The van der Waals surface area contributed by atoms with Crippen molar-refractivity contribution in [1.82, 2.24) is 4.98 Å². The second kappa shape index (κ2) is 7.18. The number of nitrogens with zero attached hydrogens (tertiary/aromatic N) is 2. The van der Waals surface area contributed by atoms with Crippen LogP contribution in [-0.4, -0.2) is 23.0 Å². The van der Waals surface area contributed by atoms with Crippen LogP contribution in [0.25, 0.3) is 10.8 Å². The van der Waals surface area contributed by atoms with Crippen LogP contribution in [0.4, 0.5) is 5.69 Å². The fourth-order valence-corrected chi connectivity index (χ4v) is 2.85. The Morgan fingerprint density at radius 3 is 2.62 bits per heavy atom. The lowest BCUT2D eigenvalue weighted by atomic mass is 10.0. The molecular weight excluding hydrogens is 336 g/mol. The highest BCUT2D eigenvalue weighted by atomic mass is 16.6. The van der Waals surface area contributed by atoms with E-state index in [1.54, 1.807) is 49.4 Å². The van der Waals surface area contributed by atoms with Gasteiger partial charge in [0.15, 0.2) is 0 Å². The molecule has 26 heavy (non-hydrogen) atoms. The second-order valence-corrected chi connectivity index (χ2v) is 5.63. The van der Waals surface area contributed by atoms with E-state index in [2.05, 4.69) is 4.98 Å². The second-order valence-electron chi connectivity index (χ2n) is 5.63. The summed E-state index contributed by atoms with van der Waals surface area (Å²) in [6.07, 6.45) is 1.53. The van der Waals surface area contributed by atoms with Crippen molar-refractivity contribution in [3.63, 3.8) is 0 Å². The number of nitro benzene ring substituents is 1. The van der Waals surface area contributed by atoms with E-state index in [0.29, 0.717) is 27.6 Å². The van der Waals surface area contributed by atoms with Gasteiger partial charge in [-0.1, -0.05) is 18.2 Å². The number of carbonyl (C=O) groups excluding carboxylic acids is 1. The summed E-state index contributed by atoms with van der Waals surface area (Å²) >= 11 is 0. The topological polar surface area (TPSA) is 91.6 Å². The smallest absolute Gasteiger partial charge is 0.338 e. The van der Waals surface area contributed by atoms with Crippen LogP contribution in [0.1, 0.15) is 21.6 Å². The summed E-state index contributed by atoms with van der Waals surface area (Å²) in [5.74, 6) is -0.350. The monoisotopic (exact) mass is 352 g/mol. The molecule has 0 amide bonds. The van der Waals surface area contributed by atoms with Gasteiger partial charge in [0.1, 0.15) is 6.61 Å². The summed E-state index contributed by atoms with van der Waals surface area (Å²) in [7, 11) is 1.38. The molecule has 0 saturated carbocycles. The lowest BCUT2D eigenvalue weighted by molar-refractivity contribution is -0.384. The van der Waals surface area contributed by atoms with Gasteiger partial charge < -0.3 is 9.47 Å². The minimum Gasteiger partial charge on any atom is -0.490 e. The number of rotatable bonds is 5. The van der Waals surface area contributed by atoms with Crippen LogP contribution in [0.2, 0.25) is 0 Å². The van der Waals surface area contributed by atoms with E-state index < -0.39 is 10.9 Å². The Bertz CT molecular complexity index is 986. The standard InChI is InChI=1S/C19H16N2O5/c1-12-10-14-8-9-20-15(16(14)17(21(23)24)18(12)25-2)11-26-19(22)13-6-4-3-5-7-13/h3-10H,11H2,1-2H3. The molecule has 3 rings (SSSR count). The predicted octanol–water partition coefficient (Wildman–Crippen LogP) is 3.82. The SMILES string of the molecule is COc1c(C)cc2ccnc(COC(=O)c3ccccc3)c2c1[N+](=O)[O-]. The fourth-order valence-electron chi connectivity index (χ4n) is 2.85. The molecular formula is C19H16N2O5. The summed E-state index contributed by atoms with van der Waals surface area (Å²) in [5, 5.41) is 12.6. The van der Waals surface area contributed by atoms with Crippen molar-refractivity contribution in [2.75, 3.05) is 7.11 Å². The van der Waals surface area contributed by atoms with Gasteiger partial charge in [0, 0.05) is 6.20 Å². The lowest BCUT2D eigenvalue weighted by Crippen LogP contribution is -2.07. The Labute approximate surface area is 149 Å². The Kier molecular flexibility index (Phi) is 4.79. The summed E-state index contributed by atoms with van der Waals surface area (Å²) in [6.45, 7) is 1.55. The van der Waals surface area contributed by atoms with Gasteiger partial charge in [-0.3, -0.25) is 15.1 Å². The maximum atomic E-state index is 12.1. The number of aryl methyl sites for hydroxylation is 1. The van der Waals surface area contributed by atoms with Crippen molar-refractivity contribution in [2.45, 2.75) is 13.5 Å². The number of hydrogen-bond acceptors (Lipinski definition) is 6. The zero-order valence-electron chi connectivity index (χ0n) is 14.3. The van der Waals surface area contributed by atoms with E-state index in [4.69, 9.17) is 9.47 Å². The first-order valence-corrected chi connectivity index (χ1v) is 7.84. The molecule has 0 saturated heterocycles. The normalized spacial score (nSPS) is 10.5. The van der Waals surface area contributed by atoms with E-state index in [0.717, 1.165) is 0 Å². The van der Waals surface area contributed by atoms with Crippen LogP contribution in [0.15, 0.2) is 48.7 Å². The van der Waals surface area contributed by atoms with Crippen molar-refractivity contribution in [3.8, 4) is 5.75 Å². The van der Waals surface area contributed by atoms with Gasteiger partial charge in [0.05, 0.1) is 28.7 Å². The number of pyridine rings is 1. The first kappa shape index (κ1) is 17.3. The van der Waals surface area contributed by atoms with Crippen LogP contribution >= 0.6 is 0 Å². The van der Waals surface area contributed by atoms with Crippen LogP contribution in [0, 0.1) is 17.0 Å². The fraction of sp³-hybridized carbons (Fsp3) is 0.158. The third kappa shape index (κ3) is 3.19. The van der Waals surface area contributed by atoms with E-state index in [1.165, 1.54) is 13.3 Å². The number of aromatic nitrogens is 1. The van der Waals surface area contributed by atoms with Gasteiger partial charge in [0.2, 0.25) is 5.75 Å². The number of ether oxygens (including phenoxy) is 2. The van der Waals surface area contributed by atoms with Crippen molar-refractivity contribution < 1.29 is 19.2 Å². The van der Waals surface area contributed by atoms with Crippen molar-refractivity contribution in [3.05, 3.63) is 75.6 Å². The van der Waals surface area contributed by atoms with Crippen molar-refractivity contribution >= 4 is 22.4 Å². The molecule has 1 heterocycles. The van der Waals surface area contributed by atoms with E-state index in [9.17, 15) is 14.9 Å². The predicted molar refractivity (Wildman–Crippen MR) is 95.2 cm³/mol. The number of fused-ring (bicyclic) bond motifs is 1. The maximum Gasteiger partial charge on any atom is 0.338 e. The van der Waals surface area contributed by atoms with Crippen LogP contribution in [0.3, 0.4) is 0 Å². The molecule has 0 atom stereocenters. The molecule has 0 spiro atoms. The third-order valence-corrected chi connectivity index (χ3v) is 3.98. The van der Waals surface area contributed by atoms with Crippen LogP contribution in [0.5, 0.6) is 5.75 Å². The third-order valence-electron chi connectivity index (χ3n) is 3.98. The number of benzene rings is 2. The van der Waals surface area contributed by atoms with E-state index in [-0.39, 0.29) is 18.0 Å². The number of nitro groups is 1. The molecule has 132 valence electrons. The Morgan fingerprint density at radius 1 is 1.23 bits per heavy atom. The molecule has 0 unspecified atom stereocenters. The minimum absolute atomic E-state index is 0.172. The highest BCUT2D eigenvalue weighted by Crippen LogP contribution is 2.39. The average molecular weight is 352 g/mol.